The van der Waals surface area contributed by atoms with Crippen LogP contribution in [0.15, 0.2) is 12.2 Å². The van der Waals surface area contributed by atoms with E-state index in [9.17, 15) is 14.4 Å². The van der Waals surface area contributed by atoms with Gasteiger partial charge in [0.15, 0.2) is 0 Å². The molecule has 0 fully saturated rings. The highest BCUT2D eigenvalue weighted by molar-refractivity contribution is 5.86. The lowest BCUT2D eigenvalue weighted by Gasteiger charge is -2.27. The van der Waals surface area contributed by atoms with Crippen LogP contribution in [0.5, 0.6) is 0 Å². The molecule has 0 N–H and O–H groups in total. The second-order valence-corrected chi connectivity index (χ2v) is 8.07. The van der Waals surface area contributed by atoms with Crippen LogP contribution >= 0.6 is 0 Å². The van der Waals surface area contributed by atoms with Gasteiger partial charge in [0, 0.05) is 18.5 Å². The minimum Gasteiger partial charge on any atom is -0.460 e. The third kappa shape index (κ3) is 12.3. The fraction of sp³-hybridized carbons (Fsp3) is 0.737. The molecule has 26 heavy (non-hydrogen) atoms. The van der Waals surface area contributed by atoms with Gasteiger partial charge < -0.3 is 19.1 Å². The molecule has 150 valence electrons. The van der Waals surface area contributed by atoms with E-state index in [0.29, 0.717) is 18.5 Å². The predicted molar refractivity (Wildman–Crippen MR) is 98.7 cm³/mol. The molecule has 0 rings (SSSR count). The second-order valence-electron chi connectivity index (χ2n) is 8.07. The van der Waals surface area contributed by atoms with Crippen molar-refractivity contribution >= 4 is 18.0 Å². The molecule has 0 aromatic rings. The maximum absolute atomic E-state index is 12.3. The number of esters is 2. The van der Waals surface area contributed by atoms with Crippen molar-refractivity contribution in [3.8, 4) is 0 Å². The summed E-state index contributed by atoms with van der Waals surface area (Å²) in [6, 6.07) is 0. The first-order valence-corrected chi connectivity index (χ1v) is 8.73. The lowest BCUT2D eigenvalue weighted by Crippen LogP contribution is -2.39. The maximum Gasteiger partial charge on any atom is 0.410 e. The van der Waals surface area contributed by atoms with Gasteiger partial charge in [-0.15, -0.1) is 0 Å². The number of ether oxygens (including phenoxy) is 3. The van der Waals surface area contributed by atoms with Gasteiger partial charge in [0.1, 0.15) is 17.8 Å². The molecule has 1 amide bonds. The molecule has 0 aromatic carbocycles. The molecule has 7 heteroatoms. The molecule has 0 saturated carbocycles. The van der Waals surface area contributed by atoms with Gasteiger partial charge in [0.2, 0.25) is 0 Å². The molecule has 0 unspecified atom stereocenters. The van der Waals surface area contributed by atoms with E-state index >= 15 is 0 Å². The first-order chi connectivity index (χ1) is 11.7. The lowest BCUT2D eigenvalue weighted by molar-refractivity contribution is -0.155. The van der Waals surface area contributed by atoms with E-state index in [1.165, 1.54) is 4.90 Å². The maximum atomic E-state index is 12.3. The summed E-state index contributed by atoms with van der Waals surface area (Å²) in [5, 5.41) is 0. The smallest absolute Gasteiger partial charge is 0.410 e. The van der Waals surface area contributed by atoms with Crippen LogP contribution in [0.4, 0.5) is 4.79 Å². The Labute approximate surface area is 156 Å². The first-order valence-electron chi connectivity index (χ1n) is 8.73. The summed E-state index contributed by atoms with van der Waals surface area (Å²) in [4.78, 5) is 36.9. The molecule has 0 aliphatic rings. The van der Waals surface area contributed by atoms with Crippen molar-refractivity contribution in [2.75, 3.05) is 19.7 Å². The number of carbonyl (C=O) groups excluding carboxylic acids is 3. The molecule has 0 spiro atoms. The van der Waals surface area contributed by atoms with Gasteiger partial charge in [0.25, 0.3) is 0 Å². The minimum absolute atomic E-state index is 0.0252. The Hall–Kier alpha value is -2.05. The van der Waals surface area contributed by atoms with E-state index in [2.05, 4.69) is 6.58 Å². The Morgan fingerprint density at radius 2 is 1.46 bits per heavy atom. The highest BCUT2D eigenvalue weighted by Crippen LogP contribution is 2.12. The van der Waals surface area contributed by atoms with Crippen molar-refractivity contribution in [2.45, 2.75) is 72.5 Å². The summed E-state index contributed by atoms with van der Waals surface area (Å²) < 4.78 is 15.6. The molecular weight excluding hydrogens is 338 g/mol. The third-order valence-electron chi connectivity index (χ3n) is 2.82. The van der Waals surface area contributed by atoms with Gasteiger partial charge >= 0.3 is 18.0 Å². The zero-order chi connectivity index (χ0) is 20.5. The van der Waals surface area contributed by atoms with Gasteiger partial charge in [-0.05, 0) is 54.9 Å². The second kappa shape index (κ2) is 10.2. The SMILES string of the molecule is C=C(C)C(=O)OCCN(CCCC(=O)OC(C)(C)C)C(=O)OC(C)(C)C. The van der Waals surface area contributed by atoms with Gasteiger partial charge in [-0.3, -0.25) is 4.79 Å². The highest BCUT2D eigenvalue weighted by Gasteiger charge is 2.23. The Bertz CT molecular complexity index is 513. The summed E-state index contributed by atoms with van der Waals surface area (Å²) in [7, 11) is 0. The monoisotopic (exact) mass is 371 g/mol. The van der Waals surface area contributed by atoms with Crippen molar-refractivity contribution in [2.24, 2.45) is 0 Å². The standard InChI is InChI=1S/C19H33NO6/c1-14(2)16(22)24-13-12-20(17(23)26-19(6,7)8)11-9-10-15(21)25-18(3,4)5/h1,9-13H2,2-8H3. The van der Waals surface area contributed by atoms with Crippen LogP contribution in [0.2, 0.25) is 0 Å². The van der Waals surface area contributed by atoms with Crippen LogP contribution in [-0.2, 0) is 23.8 Å². The van der Waals surface area contributed by atoms with E-state index in [0.717, 1.165) is 0 Å². The Morgan fingerprint density at radius 1 is 0.923 bits per heavy atom. The Kier molecular flexibility index (Phi) is 9.38. The van der Waals surface area contributed by atoms with E-state index in [4.69, 9.17) is 14.2 Å². The van der Waals surface area contributed by atoms with Crippen molar-refractivity contribution in [3.63, 3.8) is 0 Å². The van der Waals surface area contributed by atoms with Gasteiger partial charge in [0.05, 0.1) is 6.54 Å². The van der Waals surface area contributed by atoms with E-state index < -0.39 is 23.3 Å². The average Bonchev–Trinajstić information content (AvgIpc) is 2.41. The fourth-order valence-electron chi connectivity index (χ4n) is 1.80. The van der Waals surface area contributed by atoms with Crippen LogP contribution < -0.4 is 0 Å². The average molecular weight is 371 g/mol. The van der Waals surface area contributed by atoms with Crippen molar-refractivity contribution in [1.82, 2.24) is 4.90 Å². The number of amides is 1. The zero-order valence-corrected chi connectivity index (χ0v) is 17.1. The molecular formula is C19H33NO6. The van der Waals surface area contributed by atoms with Crippen LogP contribution in [-0.4, -0.2) is 53.8 Å². The third-order valence-corrected chi connectivity index (χ3v) is 2.82. The van der Waals surface area contributed by atoms with Crippen LogP contribution in [0.1, 0.15) is 61.3 Å². The highest BCUT2D eigenvalue weighted by atomic mass is 16.6. The largest absolute Gasteiger partial charge is 0.460 e. The number of hydrogen-bond acceptors (Lipinski definition) is 6. The topological polar surface area (TPSA) is 82.1 Å². The summed E-state index contributed by atoms with van der Waals surface area (Å²) in [6.07, 6.45) is 0.0816. The molecule has 0 aliphatic heterocycles. The molecule has 0 aromatic heterocycles. The van der Waals surface area contributed by atoms with Crippen molar-refractivity contribution in [3.05, 3.63) is 12.2 Å². The summed E-state index contributed by atoms with van der Waals surface area (Å²) in [5.41, 5.74) is -0.896. The zero-order valence-electron chi connectivity index (χ0n) is 17.1. The van der Waals surface area contributed by atoms with E-state index in [1.54, 1.807) is 48.5 Å². The normalized spacial score (nSPS) is 11.5. The summed E-state index contributed by atoms with van der Waals surface area (Å²) in [6.45, 7) is 16.2. The van der Waals surface area contributed by atoms with Crippen molar-refractivity contribution in [1.29, 1.82) is 0 Å². The van der Waals surface area contributed by atoms with Crippen LogP contribution in [0.25, 0.3) is 0 Å². The van der Waals surface area contributed by atoms with Gasteiger partial charge in [-0.2, -0.15) is 0 Å². The lowest BCUT2D eigenvalue weighted by atomic mass is 10.2. The van der Waals surface area contributed by atoms with Crippen molar-refractivity contribution < 1.29 is 28.6 Å². The molecule has 0 bridgehead atoms. The molecule has 0 atom stereocenters. The summed E-state index contributed by atoms with van der Waals surface area (Å²) >= 11 is 0. The number of rotatable bonds is 8. The van der Waals surface area contributed by atoms with Gasteiger partial charge in [-0.25, -0.2) is 9.59 Å². The quantitative estimate of drug-likeness (QED) is 0.369. The van der Waals surface area contributed by atoms with Crippen LogP contribution in [0, 0.1) is 0 Å². The summed E-state index contributed by atoms with van der Waals surface area (Å²) in [5.74, 6) is -0.835. The number of hydrogen-bond donors (Lipinski definition) is 0. The van der Waals surface area contributed by atoms with E-state index in [-0.39, 0.29) is 25.5 Å². The number of nitrogens with zero attached hydrogens (tertiary/aromatic N) is 1. The molecule has 0 aliphatic carbocycles. The molecule has 0 heterocycles. The Balaban J connectivity index is 4.62. The predicted octanol–water partition coefficient (Wildman–Crippen LogP) is 3.46. The molecule has 0 radical (unpaired) electrons. The first kappa shape index (κ1) is 23.9. The van der Waals surface area contributed by atoms with Gasteiger partial charge in [-0.1, -0.05) is 6.58 Å². The minimum atomic E-state index is -0.644. The van der Waals surface area contributed by atoms with E-state index in [1.807, 2.05) is 0 Å². The van der Waals surface area contributed by atoms with Crippen LogP contribution in [0.3, 0.4) is 0 Å². The number of carbonyl (C=O) groups is 3. The Morgan fingerprint density at radius 3 is 1.92 bits per heavy atom. The molecule has 0 saturated heterocycles. The molecule has 7 nitrogen and oxygen atoms in total. The fourth-order valence-corrected chi connectivity index (χ4v) is 1.80.